The van der Waals surface area contributed by atoms with Gasteiger partial charge in [0.2, 0.25) is 5.75 Å². The molecule has 0 fully saturated rings. The fraction of sp³-hybridized carbons (Fsp3) is 0.167. The van der Waals surface area contributed by atoms with Crippen molar-refractivity contribution in [1.82, 2.24) is 10.2 Å². The predicted octanol–water partition coefficient (Wildman–Crippen LogP) is 4.82. The molecule has 0 radical (unpaired) electrons. The second kappa shape index (κ2) is 8.39. The van der Waals surface area contributed by atoms with E-state index in [9.17, 15) is 4.79 Å². The van der Waals surface area contributed by atoms with Gasteiger partial charge in [0.25, 0.3) is 5.91 Å². The zero-order valence-electron chi connectivity index (χ0n) is 17.8. The molecule has 1 aromatic heterocycles. The maximum Gasteiger partial charge on any atom is 0.257 e. The summed E-state index contributed by atoms with van der Waals surface area (Å²) in [5, 5.41) is 11.0. The maximum absolute atomic E-state index is 12.9. The number of anilines is 1. The van der Waals surface area contributed by atoms with Gasteiger partial charge in [-0.05, 0) is 47.9 Å². The Bertz CT molecular complexity index is 1240. The first-order valence-electron chi connectivity index (χ1n) is 9.71. The number of methoxy groups -OCH3 is 3. The van der Waals surface area contributed by atoms with E-state index in [4.69, 9.17) is 14.2 Å². The van der Waals surface area contributed by atoms with Crippen molar-refractivity contribution in [2.45, 2.75) is 6.92 Å². The fourth-order valence-corrected chi connectivity index (χ4v) is 3.57. The lowest BCUT2D eigenvalue weighted by Gasteiger charge is -2.13. The highest BCUT2D eigenvalue weighted by Crippen LogP contribution is 2.38. The Hall–Kier alpha value is -4.00. The van der Waals surface area contributed by atoms with Crippen LogP contribution in [0.5, 0.6) is 17.2 Å². The van der Waals surface area contributed by atoms with Crippen LogP contribution in [-0.2, 0) is 0 Å². The van der Waals surface area contributed by atoms with E-state index in [1.807, 2.05) is 30.3 Å². The number of aromatic nitrogens is 2. The zero-order valence-corrected chi connectivity index (χ0v) is 17.8. The highest BCUT2D eigenvalue weighted by Gasteiger charge is 2.18. The molecule has 1 amide bonds. The molecule has 4 rings (SSSR count). The molecule has 7 heteroatoms. The fourth-order valence-electron chi connectivity index (χ4n) is 3.57. The molecule has 0 aliphatic heterocycles. The van der Waals surface area contributed by atoms with Crippen LogP contribution in [0.2, 0.25) is 0 Å². The number of hydrogen-bond acceptors (Lipinski definition) is 5. The Morgan fingerprint density at radius 3 is 2.29 bits per heavy atom. The van der Waals surface area contributed by atoms with E-state index in [0.29, 0.717) is 28.6 Å². The van der Waals surface area contributed by atoms with Crippen molar-refractivity contribution in [3.05, 3.63) is 65.7 Å². The van der Waals surface area contributed by atoms with Crippen molar-refractivity contribution in [1.29, 1.82) is 0 Å². The number of amides is 1. The number of nitrogens with one attached hydrogen (secondary N) is 2. The van der Waals surface area contributed by atoms with Crippen molar-refractivity contribution in [2.24, 2.45) is 0 Å². The van der Waals surface area contributed by atoms with E-state index in [2.05, 4.69) is 34.6 Å². The van der Waals surface area contributed by atoms with Crippen LogP contribution in [0.3, 0.4) is 0 Å². The molecule has 158 valence electrons. The predicted molar refractivity (Wildman–Crippen MR) is 120 cm³/mol. The molecule has 7 nitrogen and oxygen atoms in total. The quantitative estimate of drug-likeness (QED) is 0.470. The average molecular weight is 417 g/mol. The Balaban J connectivity index is 1.65. The number of aromatic amines is 1. The van der Waals surface area contributed by atoms with Crippen LogP contribution in [0.1, 0.15) is 15.9 Å². The normalized spacial score (nSPS) is 10.7. The van der Waals surface area contributed by atoms with Gasteiger partial charge in [-0.25, -0.2) is 0 Å². The minimum absolute atomic E-state index is 0.337. The van der Waals surface area contributed by atoms with E-state index in [1.54, 1.807) is 12.1 Å². The van der Waals surface area contributed by atoms with Gasteiger partial charge in [-0.3, -0.25) is 9.89 Å². The van der Waals surface area contributed by atoms with Gasteiger partial charge in [0.1, 0.15) is 0 Å². The molecule has 3 aromatic carbocycles. The number of ether oxygens (including phenoxy) is 3. The number of aryl methyl sites for hydroxylation is 1. The molecular weight excluding hydrogens is 394 g/mol. The minimum atomic E-state index is -0.337. The smallest absolute Gasteiger partial charge is 0.257 e. The van der Waals surface area contributed by atoms with Crippen LogP contribution in [-0.4, -0.2) is 37.4 Å². The molecule has 0 unspecified atom stereocenters. The Kier molecular flexibility index (Phi) is 5.49. The molecule has 0 bridgehead atoms. The second-order valence-electron chi connectivity index (χ2n) is 7.02. The van der Waals surface area contributed by atoms with Crippen molar-refractivity contribution < 1.29 is 19.0 Å². The van der Waals surface area contributed by atoms with Crippen molar-refractivity contribution in [2.75, 3.05) is 26.6 Å². The van der Waals surface area contributed by atoms with Crippen molar-refractivity contribution in [3.63, 3.8) is 0 Å². The monoisotopic (exact) mass is 417 g/mol. The van der Waals surface area contributed by atoms with Gasteiger partial charge < -0.3 is 19.5 Å². The highest BCUT2D eigenvalue weighted by molar-refractivity contribution is 6.08. The Morgan fingerprint density at radius 1 is 0.935 bits per heavy atom. The average Bonchev–Trinajstić information content (AvgIpc) is 3.20. The highest BCUT2D eigenvalue weighted by atomic mass is 16.5. The maximum atomic E-state index is 12.9. The van der Waals surface area contributed by atoms with Crippen molar-refractivity contribution in [3.8, 4) is 28.4 Å². The third-order valence-corrected chi connectivity index (χ3v) is 5.18. The number of hydrogen-bond donors (Lipinski definition) is 2. The molecule has 0 aliphatic carbocycles. The largest absolute Gasteiger partial charge is 0.493 e. The van der Waals surface area contributed by atoms with Crippen LogP contribution in [0.15, 0.2) is 54.6 Å². The van der Waals surface area contributed by atoms with E-state index in [0.717, 1.165) is 22.0 Å². The molecule has 2 N–H and O–H groups in total. The summed E-state index contributed by atoms with van der Waals surface area (Å²) < 4.78 is 16.0. The van der Waals surface area contributed by atoms with Crippen molar-refractivity contribution >= 4 is 22.6 Å². The summed E-state index contributed by atoms with van der Waals surface area (Å²) in [4.78, 5) is 12.9. The lowest BCUT2D eigenvalue weighted by atomic mass is 10.00. The number of nitrogens with zero attached hydrogens (tertiary/aromatic N) is 1. The summed E-state index contributed by atoms with van der Waals surface area (Å²) in [5.41, 5.74) is 4.62. The molecule has 4 aromatic rings. The van der Waals surface area contributed by atoms with E-state index >= 15 is 0 Å². The van der Waals surface area contributed by atoms with Crippen LogP contribution < -0.4 is 19.5 Å². The summed E-state index contributed by atoms with van der Waals surface area (Å²) in [7, 11) is 4.53. The van der Waals surface area contributed by atoms with Crippen LogP contribution in [0.4, 0.5) is 5.82 Å². The third kappa shape index (κ3) is 3.77. The summed E-state index contributed by atoms with van der Waals surface area (Å²) in [6, 6.07) is 17.4. The number of carbonyl (C=O) groups is 1. The number of benzene rings is 3. The molecule has 0 saturated heterocycles. The molecule has 0 spiro atoms. The van der Waals surface area contributed by atoms with Gasteiger partial charge in [0.05, 0.1) is 26.8 Å². The van der Waals surface area contributed by atoms with E-state index in [1.165, 1.54) is 26.9 Å². The molecular formula is C24H23N3O4. The van der Waals surface area contributed by atoms with Gasteiger partial charge >= 0.3 is 0 Å². The van der Waals surface area contributed by atoms with E-state index < -0.39 is 0 Å². The minimum Gasteiger partial charge on any atom is -0.493 e. The second-order valence-corrected chi connectivity index (χ2v) is 7.02. The summed E-state index contributed by atoms with van der Waals surface area (Å²) in [5.74, 6) is 1.35. The van der Waals surface area contributed by atoms with Gasteiger partial charge in [-0.1, -0.05) is 30.3 Å². The van der Waals surface area contributed by atoms with Gasteiger partial charge in [-0.15, -0.1) is 0 Å². The molecule has 0 atom stereocenters. The first-order valence-corrected chi connectivity index (χ1v) is 9.71. The van der Waals surface area contributed by atoms with Crippen LogP contribution >= 0.6 is 0 Å². The lowest BCUT2D eigenvalue weighted by Crippen LogP contribution is -2.13. The number of carbonyl (C=O) groups excluding carboxylic acids is 1. The summed E-state index contributed by atoms with van der Waals surface area (Å²) >= 11 is 0. The first kappa shape index (κ1) is 20.3. The lowest BCUT2D eigenvalue weighted by molar-refractivity contribution is 0.102. The molecule has 31 heavy (non-hydrogen) atoms. The van der Waals surface area contributed by atoms with Crippen LogP contribution in [0, 0.1) is 6.92 Å². The standard InChI is InChI=1S/C24H23N3O4/c1-14-7-5-6-8-17(14)15-9-10-18-19(11-15)26-27-23(18)25-24(28)16-12-20(29-2)22(31-4)21(13-16)30-3/h5-13H,1-4H3,(H2,25,26,27,28). The Labute approximate surface area is 180 Å². The van der Waals surface area contributed by atoms with Gasteiger partial charge in [0.15, 0.2) is 17.3 Å². The summed E-state index contributed by atoms with van der Waals surface area (Å²) in [6.07, 6.45) is 0. The zero-order chi connectivity index (χ0) is 22.0. The molecule has 0 saturated carbocycles. The number of rotatable bonds is 6. The number of H-pyrrole nitrogens is 1. The number of fused-ring (bicyclic) bond motifs is 1. The summed E-state index contributed by atoms with van der Waals surface area (Å²) in [6.45, 7) is 2.08. The molecule has 1 heterocycles. The first-order chi connectivity index (χ1) is 15.0. The van der Waals surface area contributed by atoms with E-state index in [-0.39, 0.29) is 5.91 Å². The Morgan fingerprint density at radius 2 is 1.65 bits per heavy atom. The third-order valence-electron chi connectivity index (χ3n) is 5.18. The molecule has 0 aliphatic rings. The van der Waals surface area contributed by atoms with Gasteiger partial charge in [0, 0.05) is 10.9 Å². The van der Waals surface area contributed by atoms with Crippen LogP contribution in [0.25, 0.3) is 22.0 Å². The van der Waals surface area contributed by atoms with Gasteiger partial charge in [-0.2, -0.15) is 5.10 Å². The SMILES string of the molecule is COc1cc(C(=O)Nc2n[nH]c3cc(-c4ccccc4C)ccc23)cc(OC)c1OC. The topological polar surface area (TPSA) is 85.5 Å².